The number of hydrogen-bond acceptors (Lipinski definition) is 9. The summed E-state index contributed by atoms with van der Waals surface area (Å²) in [6.07, 6.45) is -38.2. The van der Waals surface area contributed by atoms with Crippen LogP contribution in [0.2, 0.25) is 0 Å². The van der Waals surface area contributed by atoms with Crippen LogP contribution < -0.4 is 29.6 Å². The third-order valence-electron chi connectivity index (χ3n) is 7.35. The molecule has 0 saturated heterocycles. The van der Waals surface area contributed by atoms with Gasteiger partial charge in [-0.05, 0) is 0 Å². The van der Waals surface area contributed by atoms with Crippen LogP contribution >= 0.6 is 0 Å². The number of halogens is 27. The van der Waals surface area contributed by atoms with Crippen LogP contribution in [0.3, 0.4) is 0 Å². The predicted molar refractivity (Wildman–Crippen MR) is 131 cm³/mol. The summed E-state index contributed by atoms with van der Waals surface area (Å²) in [5, 5.41) is 0. The van der Waals surface area contributed by atoms with Crippen molar-refractivity contribution >= 4 is 28.0 Å². The zero-order valence-corrected chi connectivity index (χ0v) is 31.8. The molecule has 0 spiro atoms. The molecule has 0 fully saturated rings. The molecule has 0 unspecified atom stereocenters. The van der Waals surface area contributed by atoms with Crippen molar-refractivity contribution in [2.45, 2.75) is 109 Å². The van der Waals surface area contributed by atoms with Gasteiger partial charge in [0.1, 0.15) is 10.1 Å². The first-order chi connectivity index (χ1) is 26.3. The second-order valence-corrected chi connectivity index (χ2v) is 13.4. The molecule has 0 aromatic carbocycles. The van der Waals surface area contributed by atoms with Crippen LogP contribution in [-0.2, 0) is 38.7 Å². The molecule has 62 heavy (non-hydrogen) atoms. The Hall–Kier alpha value is -2.57. The van der Waals surface area contributed by atoms with E-state index in [1.165, 1.54) is 0 Å². The molecule has 0 amide bonds. The van der Waals surface area contributed by atoms with Crippen LogP contribution in [0.15, 0.2) is 0 Å². The van der Waals surface area contributed by atoms with Gasteiger partial charge in [-0.15, -0.1) is 0 Å². The van der Waals surface area contributed by atoms with Gasteiger partial charge in [-0.3, -0.25) is 14.4 Å². The molecule has 0 aromatic heterocycles. The Labute approximate surface area is 345 Å². The zero-order valence-electron chi connectivity index (χ0n) is 28.9. The molecule has 362 valence electrons. The Bertz CT molecular complexity index is 1620. The van der Waals surface area contributed by atoms with E-state index in [4.69, 9.17) is 0 Å². The van der Waals surface area contributed by atoms with E-state index in [0.29, 0.717) is 0 Å². The molecule has 0 saturated carbocycles. The van der Waals surface area contributed by atoms with Crippen LogP contribution in [0.1, 0.15) is 32.1 Å². The van der Waals surface area contributed by atoms with Crippen molar-refractivity contribution in [3.05, 3.63) is 0 Å². The third-order valence-corrected chi connectivity index (χ3v) is 8.76. The minimum Gasteiger partial charge on any atom is -0.747 e. The van der Waals surface area contributed by atoms with Crippen LogP contribution in [-0.4, -0.2) is 127 Å². The first-order valence-corrected chi connectivity index (χ1v) is 15.8. The molecule has 0 aromatic rings. The summed E-state index contributed by atoms with van der Waals surface area (Å²) in [5.41, 5.74) is 0. The first-order valence-electron chi connectivity index (χ1n) is 14.4. The van der Waals surface area contributed by atoms with Crippen LogP contribution in [0.4, 0.5) is 119 Å². The van der Waals surface area contributed by atoms with Gasteiger partial charge in [0.2, 0.25) is 0 Å². The summed E-state index contributed by atoms with van der Waals surface area (Å²) in [4.78, 5) is 37.0. The minimum atomic E-state index is -7.67. The monoisotopic (exact) mass is 1020 g/mol. The summed E-state index contributed by atoms with van der Waals surface area (Å²) < 4.78 is 394. The maximum atomic E-state index is 13.8. The Balaban J connectivity index is 0. The normalized spacial score (nSPS) is 15.2. The SMILES string of the molecule is O=C(CC(CC(=O)OCCC(F)(F)C(F)(F)C(F)(F)C(F)(F)F)(C(=O)OCCC(F)(F)C(F)(F)C(F)(F)C(F)(F)F)S(=O)(=O)[O-])OCCC(F)(F)C(F)(F)C(F)(F)C(F)(F)F.[Na+]. The van der Waals surface area contributed by atoms with Crippen molar-refractivity contribution in [3.8, 4) is 0 Å². The number of rotatable bonds is 21. The van der Waals surface area contributed by atoms with Gasteiger partial charge in [-0.2, -0.15) is 119 Å². The smallest absolute Gasteiger partial charge is 0.747 e. The van der Waals surface area contributed by atoms with E-state index in [9.17, 15) is 146 Å². The summed E-state index contributed by atoms with van der Waals surface area (Å²) >= 11 is 0. The minimum absolute atomic E-state index is 0. The molecule has 0 N–H and O–H groups in total. The van der Waals surface area contributed by atoms with E-state index < -0.39 is 157 Å². The van der Waals surface area contributed by atoms with Gasteiger partial charge in [-0.25, -0.2) is 8.42 Å². The van der Waals surface area contributed by atoms with Gasteiger partial charge in [-0.1, -0.05) is 0 Å². The molecular formula is C24H16F27NaO9S. The fourth-order valence-electron chi connectivity index (χ4n) is 3.74. The average Bonchev–Trinajstić information content (AvgIpc) is 3.01. The van der Waals surface area contributed by atoms with Crippen molar-refractivity contribution in [2.75, 3.05) is 19.8 Å². The fraction of sp³-hybridized carbons (Fsp3) is 0.875. The van der Waals surface area contributed by atoms with Gasteiger partial charge in [0.05, 0.1) is 51.9 Å². The summed E-state index contributed by atoms with van der Waals surface area (Å²) in [5.74, 6) is -74.8. The molecule has 0 rings (SSSR count). The van der Waals surface area contributed by atoms with Crippen LogP contribution in [0, 0.1) is 0 Å². The van der Waals surface area contributed by atoms with E-state index >= 15 is 0 Å². The fourth-order valence-corrected chi connectivity index (χ4v) is 4.59. The number of hydrogen-bond donors (Lipinski definition) is 0. The number of carbonyl (C=O) groups is 3. The Morgan fingerprint density at radius 2 is 0.597 bits per heavy atom. The second kappa shape index (κ2) is 18.7. The van der Waals surface area contributed by atoms with Crippen molar-refractivity contribution in [1.82, 2.24) is 0 Å². The molecule has 0 heterocycles. The Kier molecular flexibility index (Phi) is 18.6. The zero-order chi connectivity index (χ0) is 49.5. The summed E-state index contributed by atoms with van der Waals surface area (Å²) in [6, 6.07) is 0. The number of alkyl halides is 27. The van der Waals surface area contributed by atoms with Gasteiger partial charge < -0.3 is 18.8 Å². The Morgan fingerprint density at radius 3 is 0.790 bits per heavy atom. The Morgan fingerprint density at radius 1 is 0.387 bits per heavy atom. The molecule has 0 radical (unpaired) electrons. The van der Waals surface area contributed by atoms with Gasteiger partial charge in [0, 0.05) is 0 Å². The van der Waals surface area contributed by atoms with E-state index in [-0.39, 0.29) is 29.6 Å². The molecular weight excluding hydrogens is 1000 g/mol. The van der Waals surface area contributed by atoms with E-state index in [0.717, 1.165) is 0 Å². The topological polar surface area (TPSA) is 136 Å². The molecule has 0 aliphatic rings. The maximum Gasteiger partial charge on any atom is 1.00 e. The van der Waals surface area contributed by atoms with Gasteiger partial charge >= 0.3 is 119 Å². The van der Waals surface area contributed by atoms with Gasteiger partial charge in [0.25, 0.3) is 0 Å². The van der Waals surface area contributed by atoms with E-state index in [1.54, 1.807) is 0 Å². The van der Waals surface area contributed by atoms with E-state index in [1.807, 2.05) is 0 Å². The number of ether oxygens (including phenoxy) is 3. The molecule has 0 aliphatic heterocycles. The molecule has 0 aliphatic carbocycles. The predicted octanol–water partition coefficient (Wildman–Crippen LogP) is 5.26. The summed E-state index contributed by atoms with van der Waals surface area (Å²) in [7, 11) is -7.29. The van der Waals surface area contributed by atoms with Crippen molar-refractivity contribution in [1.29, 1.82) is 0 Å². The molecule has 0 bridgehead atoms. The maximum absolute atomic E-state index is 13.8. The third kappa shape index (κ3) is 11.8. The molecule has 9 nitrogen and oxygen atoms in total. The van der Waals surface area contributed by atoms with Crippen LogP contribution in [0.25, 0.3) is 0 Å². The van der Waals surface area contributed by atoms with Crippen molar-refractivity contribution in [3.63, 3.8) is 0 Å². The van der Waals surface area contributed by atoms with Crippen LogP contribution in [0.5, 0.6) is 0 Å². The van der Waals surface area contributed by atoms with Crippen molar-refractivity contribution in [2.24, 2.45) is 0 Å². The average molecular weight is 1020 g/mol. The standard InChI is InChI=1S/C24H17F27O9S.Na/c25-13(26,16(31,32)19(37,38)22(43,44)45)1-4-58-9(52)7-12(61(55,56)57,11(54)60-6-3-15(29,30)18(35,36)21(41,42)24(49,50)51)8-10(53)59-5-2-14(27,28)17(33,34)20(39,40)23(46,47)48;/h1-8H2,(H,55,56,57);/q;+1/p-1. The second-order valence-electron chi connectivity index (χ2n) is 11.7. The largest absolute Gasteiger partial charge is 1.00 e. The number of carbonyl (C=O) groups excluding carboxylic acids is 3. The molecule has 38 heteroatoms. The number of esters is 3. The first kappa shape index (κ1) is 61.5. The molecule has 0 atom stereocenters. The van der Waals surface area contributed by atoms with E-state index in [2.05, 4.69) is 14.2 Å². The summed E-state index contributed by atoms with van der Waals surface area (Å²) in [6.45, 7) is -8.19. The van der Waals surface area contributed by atoms with Crippen molar-refractivity contribution < 1.29 is 190 Å². The van der Waals surface area contributed by atoms with Gasteiger partial charge in [0.15, 0.2) is 4.75 Å². The quantitative estimate of drug-likeness (QED) is 0.0497.